The van der Waals surface area contributed by atoms with Gasteiger partial charge in [-0.25, -0.2) is 0 Å². The Hall–Kier alpha value is -2.37. The van der Waals surface area contributed by atoms with Crippen LogP contribution in [0.1, 0.15) is 23.6 Å². The SMILES string of the molecule is Cc1cccc(C)c1NC(=O)CNC(=O)[C@H](C)N(C)Cc1cccc(Cl)c1. The van der Waals surface area contributed by atoms with E-state index in [1.165, 1.54) is 0 Å². The summed E-state index contributed by atoms with van der Waals surface area (Å²) in [5, 5.41) is 6.23. The molecular weight excluding hydrogens is 362 g/mol. The Labute approximate surface area is 165 Å². The number of carbonyl (C=O) groups is 2. The van der Waals surface area contributed by atoms with E-state index in [0.29, 0.717) is 11.6 Å². The van der Waals surface area contributed by atoms with Gasteiger partial charge in [-0.2, -0.15) is 0 Å². The molecule has 2 amide bonds. The van der Waals surface area contributed by atoms with Crippen LogP contribution in [0.25, 0.3) is 0 Å². The number of anilines is 1. The van der Waals surface area contributed by atoms with Crippen LogP contribution in [0, 0.1) is 13.8 Å². The maximum atomic E-state index is 12.4. The molecule has 0 aromatic heterocycles. The van der Waals surface area contributed by atoms with E-state index in [0.717, 1.165) is 22.4 Å². The van der Waals surface area contributed by atoms with Gasteiger partial charge in [0, 0.05) is 17.3 Å². The molecule has 0 saturated carbocycles. The molecule has 27 heavy (non-hydrogen) atoms. The molecule has 144 valence electrons. The number of halogens is 1. The van der Waals surface area contributed by atoms with Gasteiger partial charge in [0.1, 0.15) is 0 Å². The number of aryl methyl sites for hydroxylation is 2. The standard InChI is InChI=1S/C21H26ClN3O2/c1-14-7-5-8-15(2)20(14)24-19(26)12-23-21(27)16(3)25(4)13-17-9-6-10-18(22)11-17/h5-11,16H,12-13H2,1-4H3,(H,23,27)(H,24,26)/t16-/m0/s1. The first-order chi connectivity index (χ1) is 12.8. The minimum Gasteiger partial charge on any atom is -0.346 e. The summed E-state index contributed by atoms with van der Waals surface area (Å²) in [6.45, 7) is 6.21. The molecule has 0 aliphatic rings. The summed E-state index contributed by atoms with van der Waals surface area (Å²) in [4.78, 5) is 26.5. The normalized spacial score (nSPS) is 11.9. The number of para-hydroxylation sites is 1. The Morgan fingerprint density at radius 3 is 2.37 bits per heavy atom. The van der Waals surface area contributed by atoms with Crippen molar-refractivity contribution in [2.45, 2.75) is 33.4 Å². The monoisotopic (exact) mass is 387 g/mol. The fourth-order valence-electron chi connectivity index (χ4n) is 2.77. The minimum absolute atomic E-state index is 0.0675. The maximum Gasteiger partial charge on any atom is 0.243 e. The van der Waals surface area contributed by atoms with E-state index >= 15 is 0 Å². The summed E-state index contributed by atoms with van der Waals surface area (Å²) in [6.07, 6.45) is 0. The molecule has 2 N–H and O–H groups in total. The number of hydrogen-bond donors (Lipinski definition) is 2. The highest BCUT2D eigenvalue weighted by Crippen LogP contribution is 2.19. The first-order valence-corrected chi connectivity index (χ1v) is 9.24. The van der Waals surface area contributed by atoms with Gasteiger partial charge in [-0.05, 0) is 56.6 Å². The molecule has 0 fully saturated rings. The van der Waals surface area contributed by atoms with Gasteiger partial charge in [0.2, 0.25) is 11.8 Å². The van der Waals surface area contributed by atoms with Crippen molar-refractivity contribution in [2.24, 2.45) is 0 Å². The molecule has 0 bridgehead atoms. The van der Waals surface area contributed by atoms with Crippen LogP contribution in [0.4, 0.5) is 5.69 Å². The molecule has 2 aromatic rings. The highest BCUT2D eigenvalue weighted by atomic mass is 35.5. The summed E-state index contributed by atoms with van der Waals surface area (Å²) in [5.41, 5.74) is 3.80. The van der Waals surface area contributed by atoms with Crippen LogP contribution in [0.5, 0.6) is 0 Å². The molecule has 0 unspecified atom stereocenters. The Kier molecular flexibility index (Phi) is 7.39. The number of nitrogens with one attached hydrogen (secondary N) is 2. The summed E-state index contributed by atoms with van der Waals surface area (Å²) in [6, 6.07) is 13.0. The summed E-state index contributed by atoms with van der Waals surface area (Å²) >= 11 is 6.00. The van der Waals surface area contributed by atoms with Crippen molar-refractivity contribution >= 4 is 29.1 Å². The lowest BCUT2D eigenvalue weighted by Gasteiger charge is -2.24. The van der Waals surface area contributed by atoms with E-state index in [4.69, 9.17) is 11.6 Å². The maximum absolute atomic E-state index is 12.4. The van der Waals surface area contributed by atoms with Gasteiger partial charge < -0.3 is 10.6 Å². The van der Waals surface area contributed by atoms with Gasteiger partial charge in [0.15, 0.2) is 0 Å². The van der Waals surface area contributed by atoms with E-state index in [9.17, 15) is 9.59 Å². The number of nitrogens with zero attached hydrogens (tertiary/aromatic N) is 1. The third-order valence-corrected chi connectivity index (χ3v) is 4.77. The van der Waals surface area contributed by atoms with Gasteiger partial charge >= 0.3 is 0 Å². The van der Waals surface area contributed by atoms with Crippen LogP contribution in [-0.2, 0) is 16.1 Å². The van der Waals surface area contributed by atoms with Gasteiger partial charge in [-0.15, -0.1) is 0 Å². The fraction of sp³-hybridized carbons (Fsp3) is 0.333. The number of carbonyl (C=O) groups excluding carboxylic acids is 2. The Morgan fingerprint density at radius 2 is 1.74 bits per heavy atom. The van der Waals surface area contributed by atoms with Gasteiger partial charge in [-0.3, -0.25) is 14.5 Å². The van der Waals surface area contributed by atoms with Crippen molar-refractivity contribution < 1.29 is 9.59 Å². The fourth-order valence-corrected chi connectivity index (χ4v) is 2.98. The minimum atomic E-state index is -0.378. The first-order valence-electron chi connectivity index (χ1n) is 8.86. The zero-order valence-corrected chi connectivity index (χ0v) is 16.9. The predicted molar refractivity (Wildman–Crippen MR) is 110 cm³/mol. The lowest BCUT2D eigenvalue weighted by molar-refractivity contribution is -0.127. The molecule has 1 atom stereocenters. The lowest BCUT2D eigenvalue weighted by Crippen LogP contribution is -2.45. The van der Waals surface area contributed by atoms with Gasteiger partial charge in [-0.1, -0.05) is 41.9 Å². The van der Waals surface area contributed by atoms with Crippen molar-refractivity contribution in [3.63, 3.8) is 0 Å². The Balaban J connectivity index is 1.86. The van der Waals surface area contributed by atoms with E-state index in [-0.39, 0.29) is 24.4 Å². The molecule has 2 aromatic carbocycles. The molecule has 0 aliphatic heterocycles. The Bertz CT molecular complexity index is 803. The highest BCUT2D eigenvalue weighted by molar-refractivity contribution is 6.30. The number of rotatable bonds is 7. The summed E-state index contributed by atoms with van der Waals surface area (Å²) < 4.78 is 0. The second-order valence-electron chi connectivity index (χ2n) is 6.75. The van der Waals surface area contributed by atoms with E-state index in [2.05, 4.69) is 10.6 Å². The van der Waals surface area contributed by atoms with Crippen LogP contribution in [0.2, 0.25) is 5.02 Å². The molecule has 5 nitrogen and oxygen atoms in total. The highest BCUT2D eigenvalue weighted by Gasteiger charge is 2.19. The van der Waals surface area contributed by atoms with Gasteiger partial charge in [0.05, 0.1) is 12.6 Å². The molecule has 0 heterocycles. The Morgan fingerprint density at radius 1 is 1.11 bits per heavy atom. The molecule has 0 saturated heterocycles. The van der Waals surface area contributed by atoms with Crippen molar-refractivity contribution in [3.8, 4) is 0 Å². The largest absolute Gasteiger partial charge is 0.346 e. The van der Waals surface area contributed by atoms with Crippen LogP contribution in [-0.4, -0.2) is 36.3 Å². The van der Waals surface area contributed by atoms with Crippen molar-refractivity contribution in [1.29, 1.82) is 0 Å². The van der Waals surface area contributed by atoms with E-state index in [1.807, 2.05) is 75.2 Å². The molecule has 0 aliphatic carbocycles. The number of likely N-dealkylation sites (N-methyl/N-ethyl adjacent to an activating group) is 1. The average Bonchev–Trinajstić information content (AvgIpc) is 2.62. The third-order valence-electron chi connectivity index (χ3n) is 4.53. The van der Waals surface area contributed by atoms with Gasteiger partial charge in [0.25, 0.3) is 0 Å². The molecule has 6 heteroatoms. The third kappa shape index (κ3) is 6.08. The second-order valence-corrected chi connectivity index (χ2v) is 7.19. The summed E-state index contributed by atoms with van der Waals surface area (Å²) in [7, 11) is 1.86. The van der Waals surface area contributed by atoms with E-state index < -0.39 is 0 Å². The number of benzene rings is 2. The zero-order chi connectivity index (χ0) is 20.0. The van der Waals surface area contributed by atoms with Crippen molar-refractivity contribution in [3.05, 3.63) is 64.2 Å². The van der Waals surface area contributed by atoms with Crippen molar-refractivity contribution in [2.75, 3.05) is 18.9 Å². The number of amides is 2. The topological polar surface area (TPSA) is 61.4 Å². The zero-order valence-electron chi connectivity index (χ0n) is 16.2. The lowest BCUT2D eigenvalue weighted by atomic mass is 10.1. The number of hydrogen-bond acceptors (Lipinski definition) is 3. The smallest absolute Gasteiger partial charge is 0.243 e. The van der Waals surface area contributed by atoms with Crippen LogP contribution in [0.3, 0.4) is 0 Å². The van der Waals surface area contributed by atoms with Crippen LogP contribution in [0.15, 0.2) is 42.5 Å². The van der Waals surface area contributed by atoms with Crippen molar-refractivity contribution in [1.82, 2.24) is 10.2 Å². The van der Waals surface area contributed by atoms with Crippen LogP contribution >= 0.6 is 11.6 Å². The predicted octanol–water partition coefficient (Wildman–Crippen LogP) is 3.53. The van der Waals surface area contributed by atoms with Crippen LogP contribution < -0.4 is 10.6 Å². The molecular formula is C21H26ClN3O2. The molecule has 0 spiro atoms. The molecule has 2 rings (SSSR count). The molecule has 0 radical (unpaired) electrons. The average molecular weight is 388 g/mol. The van der Waals surface area contributed by atoms with E-state index in [1.54, 1.807) is 0 Å². The quantitative estimate of drug-likeness (QED) is 0.764. The summed E-state index contributed by atoms with van der Waals surface area (Å²) in [5.74, 6) is -0.443. The second kappa shape index (κ2) is 9.53. The first kappa shape index (κ1) is 20.9.